The molecule has 164 valence electrons. The average Bonchev–Trinajstić information content (AvgIpc) is 3.18. The first-order valence-corrected chi connectivity index (χ1v) is 12.6. The van der Waals surface area contributed by atoms with Gasteiger partial charge < -0.3 is 4.74 Å². The maximum atomic E-state index is 12.4. The summed E-state index contributed by atoms with van der Waals surface area (Å²) in [4.78, 5) is 12.3. The Kier molecular flexibility index (Phi) is 8.44. The van der Waals surface area contributed by atoms with Crippen molar-refractivity contribution in [3.05, 3.63) is 33.8 Å². The Morgan fingerprint density at radius 1 is 1.20 bits per heavy atom. The van der Waals surface area contributed by atoms with Gasteiger partial charge in [0.1, 0.15) is 0 Å². The third kappa shape index (κ3) is 6.60. The average molecular weight is 493 g/mol. The van der Waals surface area contributed by atoms with Crippen molar-refractivity contribution in [3.8, 4) is 0 Å². The molecule has 1 aliphatic carbocycles. The van der Waals surface area contributed by atoms with Gasteiger partial charge in [0, 0.05) is 18.2 Å². The van der Waals surface area contributed by atoms with Gasteiger partial charge in [-0.1, -0.05) is 53.8 Å². The minimum absolute atomic E-state index is 0.0482. The van der Waals surface area contributed by atoms with E-state index in [1.807, 2.05) is 0 Å². The van der Waals surface area contributed by atoms with Crippen molar-refractivity contribution < 1.29 is 17.9 Å². The molecule has 1 saturated carbocycles. The number of amides is 1. The summed E-state index contributed by atoms with van der Waals surface area (Å²) in [5.74, 6) is -0.537. The van der Waals surface area contributed by atoms with Crippen LogP contribution >= 0.6 is 34.5 Å². The van der Waals surface area contributed by atoms with Crippen LogP contribution in [0.2, 0.25) is 10.0 Å². The van der Waals surface area contributed by atoms with Gasteiger partial charge in [-0.25, -0.2) is 13.1 Å². The van der Waals surface area contributed by atoms with Crippen LogP contribution in [0.5, 0.6) is 0 Å². The number of nitrogens with one attached hydrogen (secondary N) is 2. The van der Waals surface area contributed by atoms with Gasteiger partial charge in [-0.2, -0.15) is 0 Å². The van der Waals surface area contributed by atoms with Crippen LogP contribution < -0.4 is 10.0 Å². The lowest BCUT2D eigenvalue weighted by atomic mass is 9.98. The summed E-state index contributed by atoms with van der Waals surface area (Å²) in [5.41, 5.74) is 0.191. The predicted octanol–water partition coefficient (Wildman–Crippen LogP) is 4.11. The minimum atomic E-state index is -3.81. The number of hydrogen-bond donors (Lipinski definition) is 2. The Bertz CT molecular complexity index is 978. The lowest BCUT2D eigenvalue weighted by molar-refractivity contribution is 0.0278. The Morgan fingerprint density at radius 2 is 1.97 bits per heavy atom. The highest BCUT2D eigenvalue weighted by molar-refractivity contribution is 7.91. The van der Waals surface area contributed by atoms with Crippen LogP contribution in [0.15, 0.2) is 22.5 Å². The van der Waals surface area contributed by atoms with E-state index < -0.39 is 15.9 Å². The van der Waals surface area contributed by atoms with Crippen molar-refractivity contribution in [3.63, 3.8) is 0 Å². The number of ether oxygens (including phenoxy) is 1. The Labute approximate surface area is 189 Å². The van der Waals surface area contributed by atoms with E-state index in [9.17, 15) is 13.2 Å². The fourth-order valence-corrected chi connectivity index (χ4v) is 5.53. The van der Waals surface area contributed by atoms with Crippen LogP contribution in [-0.2, 0) is 14.8 Å². The molecule has 1 aliphatic rings. The monoisotopic (exact) mass is 492 g/mol. The summed E-state index contributed by atoms with van der Waals surface area (Å²) in [5, 5.41) is 10.5. The highest BCUT2D eigenvalue weighted by Gasteiger charge is 2.21. The van der Waals surface area contributed by atoms with Crippen LogP contribution in [0.4, 0.5) is 5.13 Å². The van der Waals surface area contributed by atoms with E-state index in [4.69, 9.17) is 27.9 Å². The van der Waals surface area contributed by atoms with Crippen LogP contribution in [-0.4, -0.2) is 43.8 Å². The molecule has 1 aromatic heterocycles. The summed E-state index contributed by atoms with van der Waals surface area (Å²) in [7, 11) is -3.81. The van der Waals surface area contributed by atoms with Gasteiger partial charge in [0.25, 0.3) is 15.9 Å². The summed E-state index contributed by atoms with van der Waals surface area (Å²) >= 11 is 12.6. The molecule has 3 rings (SSSR count). The van der Waals surface area contributed by atoms with Gasteiger partial charge >= 0.3 is 0 Å². The van der Waals surface area contributed by atoms with Crippen LogP contribution in [0.1, 0.15) is 48.9 Å². The maximum Gasteiger partial charge on any atom is 0.269 e. The zero-order valence-electron chi connectivity index (χ0n) is 16.1. The molecule has 12 heteroatoms. The quantitative estimate of drug-likeness (QED) is 0.402. The highest BCUT2D eigenvalue weighted by Crippen LogP contribution is 2.24. The molecule has 0 bridgehead atoms. The van der Waals surface area contributed by atoms with Crippen molar-refractivity contribution in [2.75, 3.05) is 18.5 Å². The minimum Gasteiger partial charge on any atom is -0.378 e. The molecule has 0 spiro atoms. The maximum absolute atomic E-state index is 12.4. The molecule has 2 aromatic rings. The second-order valence-electron chi connectivity index (χ2n) is 6.83. The van der Waals surface area contributed by atoms with E-state index in [1.54, 1.807) is 0 Å². The lowest BCUT2D eigenvalue weighted by Gasteiger charge is -2.21. The normalized spacial score (nSPS) is 15.3. The molecule has 0 aliphatic heterocycles. The number of carbonyl (C=O) groups excluding carboxylic acids is 1. The van der Waals surface area contributed by atoms with Crippen LogP contribution in [0, 0.1) is 0 Å². The van der Waals surface area contributed by atoms with E-state index in [-0.39, 0.29) is 26.6 Å². The Balaban J connectivity index is 1.48. The first kappa shape index (κ1) is 23.4. The molecule has 1 aromatic carbocycles. The van der Waals surface area contributed by atoms with Crippen molar-refractivity contribution in [1.82, 2.24) is 14.9 Å². The van der Waals surface area contributed by atoms with Gasteiger partial charge in [0.05, 0.1) is 16.7 Å². The number of aromatic nitrogens is 2. The van der Waals surface area contributed by atoms with Crippen molar-refractivity contribution in [1.29, 1.82) is 0 Å². The molecule has 1 amide bonds. The molecule has 1 fully saturated rings. The van der Waals surface area contributed by atoms with E-state index in [2.05, 4.69) is 20.2 Å². The molecule has 0 atom stereocenters. The first-order valence-electron chi connectivity index (χ1n) is 9.56. The lowest BCUT2D eigenvalue weighted by Crippen LogP contribution is -2.26. The number of benzene rings is 1. The molecule has 0 saturated heterocycles. The zero-order valence-corrected chi connectivity index (χ0v) is 19.2. The molecular formula is C18H22Cl2N4O4S2. The largest absolute Gasteiger partial charge is 0.378 e. The Morgan fingerprint density at radius 3 is 2.70 bits per heavy atom. The van der Waals surface area contributed by atoms with Gasteiger partial charge in [0.2, 0.25) is 9.47 Å². The van der Waals surface area contributed by atoms with Gasteiger partial charge in [-0.15, -0.1) is 10.2 Å². The molecule has 1 heterocycles. The fourth-order valence-electron chi connectivity index (χ4n) is 3.03. The Hall–Kier alpha value is -1.30. The molecule has 8 nitrogen and oxygen atoms in total. The number of anilines is 1. The number of carbonyl (C=O) groups is 1. The van der Waals surface area contributed by atoms with E-state index >= 15 is 0 Å². The molecule has 2 N–H and O–H groups in total. The van der Waals surface area contributed by atoms with E-state index in [1.165, 1.54) is 37.5 Å². The number of hydrogen-bond acceptors (Lipinski definition) is 7. The highest BCUT2D eigenvalue weighted by atomic mass is 35.5. The molecule has 0 unspecified atom stereocenters. The van der Waals surface area contributed by atoms with E-state index in [0.29, 0.717) is 24.2 Å². The molecule has 30 heavy (non-hydrogen) atoms. The number of halogens is 2. The second kappa shape index (κ2) is 10.8. The SMILES string of the molecule is O=C(Nc1nnc(S(=O)(=O)NCCCOC2CCCCC2)s1)c1ccc(Cl)cc1Cl. The third-order valence-corrected chi connectivity index (χ3v) is 7.77. The van der Waals surface area contributed by atoms with Crippen molar-refractivity contribution >= 4 is 55.6 Å². The first-order chi connectivity index (χ1) is 14.3. The summed E-state index contributed by atoms with van der Waals surface area (Å²) in [6.45, 7) is 0.739. The van der Waals surface area contributed by atoms with Gasteiger partial charge in [0.15, 0.2) is 0 Å². The van der Waals surface area contributed by atoms with Crippen molar-refractivity contribution in [2.24, 2.45) is 0 Å². The number of rotatable bonds is 9. The zero-order chi connectivity index (χ0) is 21.6. The van der Waals surface area contributed by atoms with Crippen molar-refractivity contribution in [2.45, 2.75) is 49.0 Å². The topological polar surface area (TPSA) is 110 Å². The smallest absolute Gasteiger partial charge is 0.269 e. The number of sulfonamides is 1. The van der Waals surface area contributed by atoms with Crippen LogP contribution in [0.25, 0.3) is 0 Å². The van der Waals surface area contributed by atoms with Gasteiger partial charge in [-0.05, 0) is 37.5 Å². The fraction of sp³-hybridized carbons (Fsp3) is 0.500. The summed E-state index contributed by atoms with van der Waals surface area (Å²) in [6, 6.07) is 4.44. The summed E-state index contributed by atoms with van der Waals surface area (Å²) < 4.78 is 32.8. The standard InChI is InChI=1S/C18H22Cl2N4O4S2/c19-12-7-8-14(15(20)11-12)16(25)22-17-23-24-18(29-17)30(26,27)21-9-4-10-28-13-5-2-1-3-6-13/h7-8,11,13,21H,1-6,9-10H2,(H,22,23,25). The third-order valence-electron chi connectivity index (χ3n) is 4.55. The summed E-state index contributed by atoms with van der Waals surface area (Å²) in [6.07, 6.45) is 6.65. The molecular weight excluding hydrogens is 471 g/mol. The second-order valence-corrected chi connectivity index (χ2v) is 10.6. The molecule has 0 radical (unpaired) electrons. The van der Waals surface area contributed by atoms with Gasteiger partial charge in [-0.3, -0.25) is 10.1 Å². The predicted molar refractivity (Wildman–Crippen MR) is 117 cm³/mol. The number of nitrogens with zero attached hydrogens (tertiary/aromatic N) is 2. The van der Waals surface area contributed by atoms with Crippen LogP contribution in [0.3, 0.4) is 0 Å². The van der Waals surface area contributed by atoms with E-state index in [0.717, 1.165) is 24.2 Å².